The van der Waals surface area contributed by atoms with E-state index in [4.69, 9.17) is 0 Å². The summed E-state index contributed by atoms with van der Waals surface area (Å²) >= 11 is 0. The second kappa shape index (κ2) is 6.77. The van der Waals surface area contributed by atoms with Gasteiger partial charge in [0.25, 0.3) is 0 Å². The lowest BCUT2D eigenvalue weighted by molar-refractivity contribution is 0.264. The second-order valence-electron chi connectivity index (χ2n) is 4.94. The van der Waals surface area contributed by atoms with Gasteiger partial charge in [-0.1, -0.05) is 37.3 Å². The first-order chi connectivity index (χ1) is 8.38. The minimum absolute atomic E-state index is 0.764. The molecule has 1 aromatic carbocycles. The van der Waals surface area contributed by atoms with Crippen LogP contribution in [0.3, 0.4) is 0 Å². The van der Waals surface area contributed by atoms with Crippen molar-refractivity contribution in [2.24, 2.45) is 0 Å². The van der Waals surface area contributed by atoms with Crippen LogP contribution in [0.1, 0.15) is 31.7 Å². The Labute approximate surface area is 105 Å². The highest BCUT2D eigenvalue weighted by Crippen LogP contribution is 2.11. The van der Waals surface area contributed by atoms with Crippen molar-refractivity contribution in [1.82, 2.24) is 10.2 Å². The van der Waals surface area contributed by atoms with Crippen molar-refractivity contribution in [2.75, 3.05) is 19.6 Å². The van der Waals surface area contributed by atoms with E-state index in [2.05, 4.69) is 47.5 Å². The fourth-order valence-corrected chi connectivity index (χ4v) is 2.53. The van der Waals surface area contributed by atoms with Crippen molar-refractivity contribution in [3.05, 3.63) is 35.9 Å². The van der Waals surface area contributed by atoms with E-state index < -0.39 is 0 Å². The third-order valence-corrected chi connectivity index (χ3v) is 3.65. The van der Waals surface area contributed by atoms with E-state index in [0.29, 0.717) is 0 Å². The highest BCUT2D eigenvalue weighted by molar-refractivity contribution is 5.14. The molecule has 1 fully saturated rings. The molecule has 2 heteroatoms. The Morgan fingerprint density at radius 2 is 2.12 bits per heavy atom. The molecule has 0 amide bonds. The maximum atomic E-state index is 3.57. The number of nitrogens with zero attached hydrogens (tertiary/aromatic N) is 1. The van der Waals surface area contributed by atoms with Gasteiger partial charge >= 0.3 is 0 Å². The van der Waals surface area contributed by atoms with Crippen LogP contribution in [0.4, 0.5) is 0 Å². The van der Waals surface area contributed by atoms with E-state index in [1.165, 1.54) is 37.9 Å². The molecule has 0 bridgehead atoms. The van der Waals surface area contributed by atoms with Gasteiger partial charge < -0.3 is 5.32 Å². The number of hydrogen-bond acceptors (Lipinski definition) is 2. The zero-order valence-electron chi connectivity index (χ0n) is 10.9. The van der Waals surface area contributed by atoms with Crippen molar-refractivity contribution < 1.29 is 0 Å². The monoisotopic (exact) mass is 232 g/mol. The summed E-state index contributed by atoms with van der Waals surface area (Å²) in [5.41, 5.74) is 1.42. The Hall–Kier alpha value is -0.860. The summed E-state index contributed by atoms with van der Waals surface area (Å²) in [6.07, 6.45) is 4.01. The Morgan fingerprint density at radius 3 is 2.76 bits per heavy atom. The van der Waals surface area contributed by atoms with Crippen molar-refractivity contribution in [3.8, 4) is 0 Å². The Balaban J connectivity index is 1.76. The molecule has 1 aliphatic rings. The summed E-state index contributed by atoms with van der Waals surface area (Å²) in [6, 6.07) is 11.5. The van der Waals surface area contributed by atoms with Crippen LogP contribution in [0, 0.1) is 0 Å². The molecule has 1 heterocycles. The van der Waals surface area contributed by atoms with Crippen LogP contribution in [0.2, 0.25) is 0 Å². The van der Waals surface area contributed by atoms with Gasteiger partial charge in [-0.2, -0.15) is 0 Å². The standard InChI is InChI=1S/C15H24N2/c1-2-17(12-10-15-9-6-11-16-15)13-14-7-4-3-5-8-14/h3-5,7-8,15-16H,2,6,9-13H2,1H3. The lowest BCUT2D eigenvalue weighted by Crippen LogP contribution is -2.30. The summed E-state index contributed by atoms with van der Waals surface area (Å²) in [5, 5.41) is 3.57. The number of benzene rings is 1. The molecule has 0 aromatic heterocycles. The maximum Gasteiger partial charge on any atom is 0.0233 e. The Morgan fingerprint density at radius 1 is 1.29 bits per heavy atom. The molecule has 17 heavy (non-hydrogen) atoms. The van der Waals surface area contributed by atoms with Crippen LogP contribution < -0.4 is 5.32 Å². The summed E-state index contributed by atoms with van der Waals surface area (Å²) in [6.45, 7) is 6.91. The Bertz CT molecular complexity index is 304. The smallest absolute Gasteiger partial charge is 0.0233 e. The molecule has 0 spiro atoms. The molecule has 0 aliphatic carbocycles. The van der Waals surface area contributed by atoms with Crippen LogP contribution in [-0.4, -0.2) is 30.6 Å². The van der Waals surface area contributed by atoms with Crippen LogP contribution >= 0.6 is 0 Å². The van der Waals surface area contributed by atoms with Crippen LogP contribution in [0.25, 0.3) is 0 Å². The lowest BCUT2D eigenvalue weighted by atomic mass is 10.1. The SMILES string of the molecule is CCN(CCC1CCCN1)Cc1ccccc1. The topological polar surface area (TPSA) is 15.3 Å². The van der Waals surface area contributed by atoms with Gasteiger partial charge in [0, 0.05) is 12.6 Å². The first kappa shape index (κ1) is 12.6. The van der Waals surface area contributed by atoms with E-state index in [1.807, 2.05) is 0 Å². The molecule has 1 aromatic rings. The summed E-state index contributed by atoms with van der Waals surface area (Å²) in [4.78, 5) is 2.54. The minimum Gasteiger partial charge on any atom is -0.314 e. The van der Waals surface area contributed by atoms with Gasteiger partial charge in [0.1, 0.15) is 0 Å². The predicted molar refractivity (Wildman–Crippen MR) is 73.0 cm³/mol. The summed E-state index contributed by atoms with van der Waals surface area (Å²) < 4.78 is 0. The van der Waals surface area contributed by atoms with Crippen LogP contribution in [-0.2, 0) is 6.54 Å². The van der Waals surface area contributed by atoms with Gasteiger partial charge in [-0.25, -0.2) is 0 Å². The van der Waals surface area contributed by atoms with Crippen LogP contribution in [0.15, 0.2) is 30.3 Å². The van der Waals surface area contributed by atoms with E-state index >= 15 is 0 Å². The maximum absolute atomic E-state index is 3.57. The fourth-order valence-electron chi connectivity index (χ4n) is 2.53. The van der Waals surface area contributed by atoms with Gasteiger partial charge in [0.2, 0.25) is 0 Å². The first-order valence-corrected chi connectivity index (χ1v) is 6.88. The highest BCUT2D eigenvalue weighted by atomic mass is 15.1. The molecular weight excluding hydrogens is 208 g/mol. The minimum atomic E-state index is 0.764. The van der Waals surface area contributed by atoms with Gasteiger partial charge in [0.15, 0.2) is 0 Å². The first-order valence-electron chi connectivity index (χ1n) is 6.88. The van der Waals surface area contributed by atoms with Gasteiger partial charge in [-0.3, -0.25) is 4.90 Å². The van der Waals surface area contributed by atoms with E-state index in [1.54, 1.807) is 0 Å². The number of hydrogen-bond donors (Lipinski definition) is 1. The lowest BCUT2D eigenvalue weighted by Gasteiger charge is -2.22. The molecule has 0 saturated carbocycles. The molecule has 1 atom stereocenters. The quantitative estimate of drug-likeness (QED) is 0.811. The molecule has 1 aliphatic heterocycles. The summed E-state index contributed by atoms with van der Waals surface area (Å²) in [5.74, 6) is 0. The number of nitrogens with one attached hydrogen (secondary N) is 1. The third-order valence-electron chi connectivity index (χ3n) is 3.65. The largest absolute Gasteiger partial charge is 0.314 e. The Kier molecular flexibility index (Phi) is 5.02. The molecule has 0 radical (unpaired) electrons. The zero-order chi connectivity index (χ0) is 11.9. The van der Waals surface area contributed by atoms with E-state index in [0.717, 1.165) is 19.1 Å². The molecule has 1 N–H and O–H groups in total. The predicted octanol–water partition coefficient (Wildman–Crippen LogP) is 2.65. The van der Waals surface area contributed by atoms with Crippen LogP contribution in [0.5, 0.6) is 0 Å². The number of rotatable bonds is 6. The third kappa shape index (κ3) is 4.14. The zero-order valence-corrected chi connectivity index (χ0v) is 10.9. The normalized spacial score (nSPS) is 20.0. The van der Waals surface area contributed by atoms with Gasteiger partial charge in [-0.05, 0) is 44.5 Å². The molecule has 1 unspecified atom stereocenters. The molecule has 1 saturated heterocycles. The molecule has 94 valence electrons. The molecule has 2 nitrogen and oxygen atoms in total. The van der Waals surface area contributed by atoms with Crippen molar-refractivity contribution in [1.29, 1.82) is 0 Å². The van der Waals surface area contributed by atoms with Crippen molar-refractivity contribution in [2.45, 2.75) is 38.8 Å². The average Bonchev–Trinajstić information content (AvgIpc) is 2.89. The fraction of sp³-hybridized carbons (Fsp3) is 0.600. The molecule has 2 rings (SSSR count). The van der Waals surface area contributed by atoms with Gasteiger partial charge in [0.05, 0.1) is 0 Å². The van der Waals surface area contributed by atoms with Crippen molar-refractivity contribution >= 4 is 0 Å². The van der Waals surface area contributed by atoms with E-state index in [-0.39, 0.29) is 0 Å². The summed E-state index contributed by atoms with van der Waals surface area (Å²) in [7, 11) is 0. The molecular formula is C15H24N2. The van der Waals surface area contributed by atoms with Gasteiger partial charge in [-0.15, -0.1) is 0 Å². The van der Waals surface area contributed by atoms with Crippen molar-refractivity contribution in [3.63, 3.8) is 0 Å². The second-order valence-corrected chi connectivity index (χ2v) is 4.94. The van der Waals surface area contributed by atoms with E-state index in [9.17, 15) is 0 Å². The average molecular weight is 232 g/mol. The highest BCUT2D eigenvalue weighted by Gasteiger charge is 2.14.